The largest absolute Gasteiger partial charge is 0.317 e. The molecule has 0 amide bonds. The van der Waals surface area contributed by atoms with E-state index in [2.05, 4.69) is 72.5 Å². The number of carbonyl (C=O) groups is 1. The van der Waals surface area contributed by atoms with Crippen LogP contribution in [0.2, 0.25) is 0 Å². The second-order valence-electron chi connectivity index (χ2n) is 7.45. The van der Waals surface area contributed by atoms with Crippen LogP contribution in [0.1, 0.15) is 42.0 Å². The lowest BCUT2D eigenvalue weighted by Gasteiger charge is -2.30. The van der Waals surface area contributed by atoms with Crippen LogP contribution in [-0.2, 0) is 6.42 Å². The minimum absolute atomic E-state index is 0.0178. The van der Waals surface area contributed by atoms with Crippen LogP contribution in [0.25, 0.3) is 16.8 Å². The molecule has 0 fully saturated rings. The first-order chi connectivity index (χ1) is 11.5. The number of para-hydroxylation sites is 1. The molecule has 24 heavy (non-hydrogen) atoms. The standard InChI is InChI=1S/C21H21NOS/c1-14-10-17-19(11-21(2,3)12-20(17)23)22(14)18-7-5-4-6-16(18)15-8-9-24-13-15/h4-10,13H,11-12H2,1-3H3. The molecular formula is C21H21NOS. The second kappa shape index (κ2) is 5.45. The van der Waals surface area contributed by atoms with Crippen LogP contribution in [0, 0.1) is 12.3 Å². The lowest BCUT2D eigenvalue weighted by atomic mass is 9.76. The number of Topliss-reactive ketones (excluding diaryl/α,β-unsaturated/α-hetero) is 1. The molecule has 2 aromatic heterocycles. The van der Waals surface area contributed by atoms with Crippen LogP contribution < -0.4 is 0 Å². The van der Waals surface area contributed by atoms with E-state index < -0.39 is 0 Å². The number of aryl methyl sites for hydroxylation is 1. The maximum atomic E-state index is 12.6. The quantitative estimate of drug-likeness (QED) is 0.591. The number of thiophene rings is 1. The summed E-state index contributed by atoms with van der Waals surface area (Å²) >= 11 is 1.71. The fourth-order valence-electron chi connectivity index (χ4n) is 3.82. The molecule has 0 spiro atoms. The fraction of sp³-hybridized carbons (Fsp3) is 0.286. The molecule has 3 aromatic rings. The van der Waals surface area contributed by atoms with Crippen LogP contribution >= 0.6 is 11.3 Å². The lowest BCUT2D eigenvalue weighted by Crippen LogP contribution is -2.27. The van der Waals surface area contributed by atoms with Crippen LogP contribution in [0.3, 0.4) is 0 Å². The molecule has 0 N–H and O–H groups in total. The third kappa shape index (κ3) is 2.44. The van der Waals surface area contributed by atoms with Gasteiger partial charge in [-0.25, -0.2) is 0 Å². The summed E-state index contributed by atoms with van der Waals surface area (Å²) in [5, 5.41) is 4.29. The molecule has 1 aliphatic rings. The van der Waals surface area contributed by atoms with Crippen molar-refractivity contribution in [1.29, 1.82) is 0 Å². The molecule has 2 heterocycles. The van der Waals surface area contributed by atoms with Gasteiger partial charge in [-0.05, 0) is 53.3 Å². The third-order valence-electron chi connectivity index (χ3n) is 4.85. The van der Waals surface area contributed by atoms with Gasteiger partial charge < -0.3 is 4.57 Å². The molecule has 0 saturated carbocycles. The second-order valence-corrected chi connectivity index (χ2v) is 8.23. The zero-order valence-corrected chi connectivity index (χ0v) is 15.1. The topological polar surface area (TPSA) is 22.0 Å². The average Bonchev–Trinajstić information content (AvgIpc) is 3.14. The first-order valence-corrected chi connectivity index (χ1v) is 9.27. The van der Waals surface area contributed by atoms with E-state index in [1.54, 1.807) is 11.3 Å². The van der Waals surface area contributed by atoms with Crippen molar-refractivity contribution in [1.82, 2.24) is 4.57 Å². The zero-order chi connectivity index (χ0) is 16.9. The minimum Gasteiger partial charge on any atom is -0.317 e. The summed E-state index contributed by atoms with van der Waals surface area (Å²) in [5.41, 5.74) is 6.84. The molecule has 1 aliphatic carbocycles. The summed E-state index contributed by atoms with van der Waals surface area (Å²) < 4.78 is 2.29. The van der Waals surface area contributed by atoms with Gasteiger partial charge in [-0.15, -0.1) is 0 Å². The molecule has 3 heteroatoms. The Balaban J connectivity index is 1.96. The van der Waals surface area contributed by atoms with E-state index in [0.29, 0.717) is 6.42 Å². The van der Waals surface area contributed by atoms with Gasteiger partial charge in [0, 0.05) is 28.9 Å². The summed E-state index contributed by atoms with van der Waals surface area (Å²) in [6.07, 6.45) is 1.56. The number of aromatic nitrogens is 1. The maximum Gasteiger partial charge on any atom is 0.165 e. The highest BCUT2D eigenvalue weighted by molar-refractivity contribution is 7.08. The predicted molar refractivity (Wildman–Crippen MR) is 100 cm³/mol. The molecule has 0 radical (unpaired) electrons. The predicted octanol–water partition coefficient (Wildman–Crippen LogP) is 5.67. The van der Waals surface area contributed by atoms with Gasteiger partial charge in [0.15, 0.2) is 5.78 Å². The Bertz CT molecular complexity index is 915. The zero-order valence-electron chi connectivity index (χ0n) is 14.3. The van der Waals surface area contributed by atoms with Gasteiger partial charge in [0.2, 0.25) is 0 Å². The van der Waals surface area contributed by atoms with Crippen LogP contribution in [0.5, 0.6) is 0 Å². The van der Waals surface area contributed by atoms with Crippen molar-refractivity contribution in [2.75, 3.05) is 0 Å². The Morgan fingerprint density at radius 2 is 1.88 bits per heavy atom. The normalized spacial score (nSPS) is 16.2. The summed E-state index contributed by atoms with van der Waals surface area (Å²) in [6, 6.07) is 12.7. The third-order valence-corrected chi connectivity index (χ3v) is 5.53. The number of ketones is 1. The molecule has 1 aromatic carbocycles. The summed E-state index contributed by atoms with van der Waals surface area (Å²) in [7, 11) is 0. The van der Waals surface area contributed by atoms with Gasteiger partial charge in [-0.3, -0.25) is 4.79 Å². The van der Waals surface area contributed by atoms with Crippen molar-refractivity contribution >= 4 is 17.1 Å². The molecule has 2 nitrogen and oxygen atoms in total. The van der Waals surface area contributed by atoms with E-state index in [0.717, 1.165) is 23.4 Å². The van der Waals surface area contributed by atoms with E-state index in [4.69, 9.17) is 0 Å². The molecule has 0 saturated heterocycles. The maximum absolute atomic E-state index is 12.6. The molecule has 0 aliphatic heterocycles. The first-order valence-electron chi connectivity index (χ1n) is 8.33. The van der Waals surface area contributed by atoms with Gasteiger partial charge in [-0.1, -0.05) is 32.0 Å². The Kier molecular flexibility index (Phi) is 3.50. The number of hydrogen-bond donors (Lipinski definition) is 0. The Hall–Kier alpha value is -2.13. The van der Waals surface area contributed by atoms with Crippen LogP contribution in [0.15, 0.2) is 47.2 Å². The van der Waals surface area contributed by atoms with Crippen molar-refractivity contribution < 1.29 is 4.79 Å². The average molecular weight is 335 g/mol. The molecule has 0 unspecified atom stereocenters. The highest BCUT2D eigenvalue weighted by Crippen LogP contribution is 2.39. The van der Waals surface area contributed by atoms with Gasteiger partial charge in [0.25, 0.3) is 0 Å². The number of fused-ring (bicyclic) bond motifs is 1. The van der Waals surface area contributed by atoms with Crippen LogP contribution in [-0.4, -0.2) is 10.4 Å². The molecule has 0 atom stereocenters. The van der Waals surface area contributed by atoms with Gasteiger partial charge in [-0.2, -0.15) is 11.3 Å². The van der Waals surface area contributed by atoms with E-state index >= 15 is 0 Å². The highest BCUT2D eigenvalue weighted by Gasteiger charge is 2.34. The molecular weight excluding hydrogens is 314 g/mol. The van der Waals surface area contributed by atoms with Gasteiger partial charge in [0.05, 0.1) is 5.69 Å². The number of rotatable bonds is 2. The summed E-state index contributed by atoms with van der Waals surface area (Å²) in [4.78, 5) is 12.6. The number of nitrogens with zero attached hydrogens (tertiary/aromatic N) is 1. The van der Waals surface area contributed by atoms with E-state index in [-0.39, 0.29) is 11.2 Å². The smallest absolute Gasteiger partial charge is 0.165 e. The summed E-state index contributed by atoms with van der Waals surface area (Å²) in [5.74, 6) is 0.274. The van der Waals surface area contributed by atoms with Crippen molar-refractivity contribution in [2.24, 2.45) is 5.41 Å². The SMILES string of the molecule is Cc1cc2c(n1-c1ccccc1-c1ccsc1)CC(C)(C)CC2=O. The van der Waals surface area contributed by atoms with Crippen molar-refractivity contribution in [2.45, 2.75) is 33.6 Å². The molecule has 4 rings (SSSR count). The Morgan fingerprint density at radius 3 is 2.62 bits per heavy atom. The van der Waals surface area contributed by atoms with E-state index in [9.17, 15) is 4.79 Å². The molecule has 122 valence electrons. The van der Waals surface area contributed by atoms with Crippen molar-refractivity contribution in [3.05, 3.63) is 64.1 Å². The first kappa shape index (κ1) is 15.4. The highest BCUT2D eigenvalue weighted by atomic mass is 32.1. The lowest BCUT2D eigenvalue weighted by molar-refractivity contribution is 0.0911. The Morgan fingerprint density at radius 1 is 1.08 bits per heavy atom. The van der Waals surface area contributed by atoms with Crippen molar-refractivity contribution in [3.63, 3.8) is 0 Å². The fourth-order valence-corrected chi connectivity index (χ4v) is 4.47. The van der Waals surface area contributed by atoms with Crippen molar-refractivity contribution in [3.8, 4) is 16.8 Å². The number of hydrogen-bond acceptors (Lipinski definition) is 2. The van der Waals surface area contributed by atoms with E-state index in [1.807, 2.05) is 0 Å². The number of benzene rings is 1. The van der Waals surface area contributed by atoms with Crippen LogP contribution in [0.4, 0.5) is 0 Å². The van der Waals surface area contributed by atoms with Gasteiger partial charge >= 0.3 is 0 Å². The number of carbonyl (C=O) groups excluding carboxylic acids is 1. The summed E-state index contributed by atoms with van der Waals surface area (Å²) in [6.45, 7) is 6.47. The Labute approximate surface area is 146 Å². The monoisotopic (exact) mass is 335 g/mol. The minimum atomic E-state index is 0.0178. The van der Waals surface area contributed by atoms with E-state index in [1.165, 1.54) is 16.8 Å². The van der Waals surface area contributed by atoms with Gasteiger partial charge in [0.1, 0.15) is 0 Å². The molecule has 0 bridgehead atoms.